The second-order valence-electron chi connectivity index (χ2n) is 6.82. The molecule has 0 aliphatic carbocycles. The van der Waals surface area contributed by atoms with Gasteiger partial charge in [0.25, 0.3) is 5.91 Å². The SMILES string of the molecule is CC[C@H](C)c1ccc(OCC(=O)Nc2nc(-c3ccc(OC)c(OC)c3)cs2)cc1. The third-order valence-corrected chi connectivity index (χ3v) is 5.62. The molecule has 0 radical (unpaired) electrons. The number of anilines is 1. The first-order valence-electron chi connectivity index (χ1n) is 9.74. The van der Waals surface area contributed by atoms with Crippen molar-refractivity contribution in [1.82, 2.24) is 4.98 Å². The van der Waals surface area contributed by atoms with Crippen LogP contribution in [0.15, 0.2) is 47.8 Å². The van der Waals surface area contributed by atoms with Crippen LogP contribution in [-0.2, 0) is 4.79 Å². The van der Waals surface area contributed by atoms with Crippen LogP contribution in [0, 0.1) is 0 Å². The van der Waals surface area contributed by atoms with E-state index in [1.165, 1.54) is 16.9 Å². The summed E-state index contributed by atoms with van der Waals surface area (Å²) in [4.78, 5) is 16.7. The van der Waals surface area contributed by atoms with Crippen LogP contribution < -0.4 is 19.5 Å². The predicted molar refractivity (Wildman–Crippen MR) is 120 cm³/mol. The second-order valence-corrected chi connectivity index (χ2v) is 7.68. The molecular formula is C23H26N2O4S. The summed E-state index contributed by atoms with van der Waals surface area (Å²) < 4.78 is 16.2. The van der Waals surface area contributed by atoms with Crippen molar-refractivity contribution in [3.63, 3.8) is 0 Å². The van der Waals surface area contributed by atoms with Gasteiger partial charge < -0.3 is 14.2 Å². The fourth-order valence-corrected chi connectivity index (χ4v) is 3.63. The minimum Gasteiger partial charge on any atom is -0.493 e. The third kappa shape index (κ3) is 5.30. The Hall–Kier alpha value is -3.06. The van der Waals surface area contributed by atoms with Crippen LogP contribution in [0.2, 0.25) is 0 Å². The van der Waals surface area contributed by atoms with E-state index in [0.717, 1.165) is 17.7 Å². The highest BCUT2D eigenvalue weighted by Crippen LogP contribution is 2.33. The molecule has 0 unspecified atom stereocenters. The van der Waals surface area contributed by atoms with Gasteiger partial charge in [0.1, 0.15) is 5.75 Å². The van der Waals surface area contributed by atoms with Gasteiger partial charge >= 0.3 is 0 Å². The highest BCUT2D eigenvalue weighted by Gasteiger charge is 2.12. The number of aromatic nitrogens is 1. The molecule has 3 rings (SSSR count). The molecule has 30 heavy (non-hydrogen) atoms. The largest absolute Gasteiger partial charge is 0.493 e. The number of carbonyl (C=O) groups excluding carboxylic acids is 1. The maximum atomic E-state index is 12.2. The zero-order valence-corrected chi connectivity index (χ0v) is 18.4. The van der Waals surface area contributed by atoms with Gasteiger partial charge in [0.15, 0.2) is 23.2 Å². The van der Waals surface area contributed by atoms with Gasteiger partial charge in [0.2, 0.25) is 0 Å². The van der Waals surface area contributed by atoms with Crippen LogP contribution in [0.25, 0.3) is 11.3 Å². The summed E-state index contributed by atoms with van der Waals surface area (Å²) in [6, 6.07) is 13.4. The number of nitrogens with zero attached hydrogens (tertiary/aromatic N) is 1. The predicted octanol–water partition coefficient (Wildman–Crippen LogP) is 5.36. The Morgan fingerprint density at radius 1 is 1.10 bits per heavy atom. The first kappa shape index (κ1) is 21.6. The van der Waals surface area contributed by atoms with E-state index < -0.39 is 0 Å². The van der Waals surface area contributed by atoms with E-state index in [1.54, 1.807) is 14.2 Å². The number of hydrogen-bond donors (Lipinski definition) is 1. The molecule has 0 aliphatic rings. The lowest BCUT2D eigenvalue weighted by Gasteiger charge is -2.10. The standard InChI is InChI=1S/C23H26N2O4S/c1-5-15(2)16-6-9-18(10-7-16)29-13-22(26)25-23-24-19(14-30-23)17-8-11-20(27-3)21(12-17)28-4/h6-12,14-15H,5,13H2,1-4H3,(H,24,25,26)/t15-/m0/s1. The topological polar surface area (TPSA) is 69.7 Å². The number of benzene rings is 2. The molecule has 158 valence electrons. The quantitative estimate of drug-likeness (QED) is 0.499. The van der Waals surface area contributed by atoms with Crippen molar-refractivity contribution < 1.29 is 19.0 Å². The lowest BCUT2D eigenvalue weighted by molar-refractivity contribution is -0.118. The Balaban J connectivity index is 1.57. The summed E-state index contributed by atoms with van der Waals surface area (Å²) in [6.45, 7) is 4.27. The summed E-state index contributed by atoms with van der Waals surface area (Å²) in [5, 5.41) is 5.17. The van der Waals surface area contributed by atoms with Crippen LogP contribution >= 0.6 is 11.3 Å². The Bertz CT molecular complexity index is 985. The number of hydrogen-bond acceptors (Lipinski definition) is 6. The molecule has 0 spiro atoms. The molecule has 7 heteroatoms. The highest BCUT2D eigenvalue weighted by atomic mass is 32.1. The van der Waals surface area contributed by atoms with Crippen LogP contribution in [0.3, 0.4) is 0 Å². The van der Waals surface area contributed by atoms with Crippen LogP contribution in [0.1, 0.15) is 31.7 Å². The smallest absolute Gasteiger partial charge is 0.264 e. The fraction of sp³-hybridized carbons (Fsp3) is 0.304. The second kappa shape index (κ2) is 10.1. The molecule has 6 nitrogen and oxygen atoms in total. The van der Waals surface area contributed by atoms with E-state index in [-0.39, 0.29) is 12.5 Å². The van der Waals surface area contributed by atoms with E-state index >= 15 is 0 Å². The summed E-state index contributed by atoms with van der Waals surface area (Å²) in [5.41, 5.74) is 2.89. The number of amides is 1. The van der Waals surface area contributed by atoms with Gasteiger partial charge in [-0.2, -0.15) is 0 Å². The van der Waals surface area contributed by atoms with Gasteiger partial charge in [-0.25, -0.2) is 4.98 Å². The van der Waals surface area contributed by atoms with Gasteiger partial charge in [-0.1, -0.05) is 26.0 Å². The molecule has 0 saturated carbocycles. The Kier molecular flexibility index (Phi) is 7.30. The Morgan fingerprint density at radius 3 is 2.50 bits per heavy atom. The monoisotopic (exact) mass is 426 g/mol. The van der Waals surface area contributed by atoms with E-state index in [0.29, 0.717) is 28.3 Å². The number of methoxy groups -OCH3 is 2. The zero-order chi connectivity index (χ0) is 21.5. The Morgan fingerprint density at radius 2 is 1.83 bits per heavy atom. The molecule has 1 heterocycles. The molecule has 0 saturated heterocycles. The summed E-state index contributed by atoms with van der Waals surface area (Å²) >= 11 is 1.35. The molecule has 1 aromatic heterocycles. The van der Waals surface area contributed by atoms with Crippen molar-refractivity contribution >= 4 is 22.4 Å². The molecule has 1 atom stereocenters. The first-order valence-corrected chi connectivity index (χ1v) is 10.6. The average Bonchev–Trinajstić information content (AvgIpc) is 3.25. The third-order valence-electron chi connectivity index (χ3n) is 4.86. The van der Waals surface area contributed by atoms with Gasteiger partial charge in [-0.15, -0.1) is 11.3 Å². The lowest BCUT2D eigenvalue weighted by atomic mass is 9.99. The summed E-state index contributed by atoms with van der Waals surface area (Å²) in [5.74, 6) is 2.20. The molecular weight excluding hydrogens is 400 g/mol. The Labute approximate surface area is 180 Å². The highest BCUT2D eigenvalue weighted by molar-refractivity contribution is 7.14. The zero-order valence-electron chi connectivity index (χ0n) is 17.6. The summed E-state index contributed by atoms with van der Waals surface area (Å²) in [7, 11) is 3.18. The molecule has 1 N–H and O–H groups in total. The van der Waals surface area contributed by atoms with Crippen molar-refractivity contribution in [3.05, 3.63) is 53.4 Å². The average molecular weight is 427 g/mol. The van der Waals surface area contributed by atoms with Crippen LogP contribution in [0.4, 0.5) is 5.13 Å². The van der Waals surface area contributed by atoms with Gasteiger partial charge in [-0.3, -0.25) is 10.1 Å². The van der Waals surface area contributed by atoms with Crippen molar-refractivity contribution in [2.75, 3.05) is 26.1 Å². The molecule has 0 fully saturated rings. The first-order chi connectivity index (χ1) is 14.5. The van der Waals surface area contributed by atoms with Gasteiger partial charge in [0, 0.05) is 10.9 Å². The number of thiazole rings is 1. The van der Waals surface area contributed by atoms with Crippen molar-refractivity contribution in [2.24, 2.45) is 0 Å². The lowest BCUT2D eigenvalue weighted by Crippen LogP contribution is -2.20. The van der Waals surface area contributed by atoms with Gasteiger partial charge in [-0.05, 0) is 48.2 Å². The molecule has 1 amide bonds. The minimum atomic E-state index is -0.255. The summed E-state index contributed by atoms with van der Waals surface area (Å²) in [6.07, 6.45) is 1.09. The number of carbonyl (C=O) groups is 1. The van der Waals surface area contributed by atoms with Crippen LogP contribution in [0.5, 0.6) is 17.2 Å². The maximum absolute atomic E-state index is 12.2. The van der Waals surface area contributed by atoms with E-state index in [4.69, 9.17) is 14.2 Å². The van der Waals surface area contributed by atoms with E-state index in [2.05, 4.69) is 24.1 Å². The molecule has 0 aliphatic heterocycles. The van der Waals surface area contributed by atoms with Gasteiger partial charge in [0.05, 0.1) is 19.9 Å². The van der Waals surface area contributed by atoms with Crippen LogP contribution in [-0.4, -0.2) is 31.7 Å². The van der Waals surface area contributed by atoms with Crippen molar-refractivity contribution in [2.45, 2.75) is 26.2 Å². The fourth-order valence-electron chi connectivity index (χ4n) is 2.89. The maximum Gasteiger partial charge on any atom is 0.264 e. The van der Waals surface area contributed by atoms with E-state index in [9.17, 15) is 4.79 Å². The normalized spacial score (nSPS) is 11.6. The molecule has 3 aromatic rings. The number of ether oxygens (including phenoxy) is 3. The number of rotatable bonds is 9. The van der Waals surface area contributed by atoms with Crippen molar-refractivity contribution in [3.8, 4) is 28.5 Å². The number of nitrogens with one attached hydrogen (secondary N) is 1. The van der Waals surface area contributed by atoms with E-state index in [1.807, 2.05) is 47.8 Å². The minimum absolute atomic E-state index is 0.0754. The van der Waals surface area contributed by atoms with Crippen molar-refractivity contribution in [1.29, 1.82) is 0 Å². The molecule has 2 aromatic carbocycles. The molecule has 0 bridgehead atoms.